The quantitative estimate of drug-likeness (QED) is 0.841. The van der Waals surface area contributed by atoms with E-state index in [1.54, 1.807) is 0 Å². The summed E-state index contributed by atoms with van der Waals surface area (Å²) >= 11 is -0.249. The van der Waals surface area contributed by atoms with Gasteiger partial charge in [-0.05, 0) is 42.4 Å². The summed E-state index contributed by atoms with van der Waals surface area (Å²) in [7, 11) is 0. The van der Waals surface area contributed by atoms with Crippen molar-refractivity contribution < 1.29 is 22.8 Å². The lowest BCUT2D eigenvalue weighted by Gasteiger charge is -2.27. The Morgan fingerprint density at radius 2 is 1.95 bits per heavy atom. The second kappa shape index (κ2) is 6.25. The van der Waals surface area contributed by atoms with Gasteiger partial charge in [0.25, 0.3) is 5.91 Å². The molecule has 0 aliphatic carbocycles. The van der Waals surface area contributed by atoms with Gasteiger partial charge in [-0.2, -0.15) is 13.2 Å². The molecular weight excluding hydrogens is 307 g/mol. The molecular formula is C12H12F3N3O2S. The van der Waals surface area contributed by atoms with Crippen molar-refractivity contribution in [3.8, 4) is 0 Å². The van der Waals surface area contributed by atoms with E-state index in [1.165, 1.54) is 24.3 Å². The van der Waals surface area contributed by atoms with Crippen molar-refractivity contribution in [1.82, 2.24) is 15.8 Å². The molecule has 1 fully saturated rings. The molecule has 3 amide bonds. The number of benzene rings is 1. The van der Waals surface area contributed by atoms with Gasteiger partial charge in [-0.1, -0.05) is 0 Å². The minimum absolute atomic E-state index is 0.00485. The maximum Gasteiger partial charge on any atom is 0.446 e. The summed E-state index contributed by atoms with van der Waals surface area (Å²) in [5, 5.41) is 3.71. The largest absolute Gasteiger partial charge is 0.446 e. The number of thioether (sulfide) groups is 1. The predicted molar refractivity (Wildman–Crippen MR) is 70.5 cm³/mol. The number of hydrazine groups is 1. The van der Waals surface area contributed by atoms with Crippen LogP contribution < -0.4 is 10.7 Å². The lowest BCUT2D eigenvalue weighted by molar-refractivity contribution is -0.0328. The molecule has 0 aromatic heterocycles. The fourth-order valence-corrected chi connectivity index (χ4v) is 2.27. The van der Waals surface area contributed by atoms with Gasteiger partial charge in [0, 0.05) is 23.5 Å². The van der Waals surface area contributed by atoms with Crippen LogP contribution in [0.4, 0.5) is 18.0 Å². The molecule has 2 rings (SSSR count). The number of hydrogen-bond acceptors (Lipinski definition) is 3. The zero-order valence-electron chi connectivity index (χ0n) is 10.7. The van der Waals surface area contributed by atoms with Crippen molar-refractivity contribution in [1.29, 1.82) is 0 Å². The molecule has 1 heterocycles. The van der Waals surface area contributed by atoms with Gasteiger partial charge in [0.2, 0.25) is 0 Å². The lowest BCUT2D eigenvalue weighted by atomic mass is 10.2. The summed E-state index contributed by atoms with van der Waals surface area (Å²) in [5.41, 5.74) is -1.78. The molecule has 1 aromatic carbocycles. The van der Waals surface area contributed by atoms with Gasteiger partial charge in [0.1, 0.15) is 0 Å². The maximum atomic E-state index is 12.2. The number of hydrogen-bond donors (Lipinski definition) is 2. The average molecular weight is 319 g/mol. The molecule has 1 aliphatic rings. The number of carbonyl (C=O) groups excluding carboxylic acids is 2. The Bertz CT molecular complexity index is 534. The van der Waals surface area contributed by atoms with Crippen LogP contribution in [0.5, 0.6) is 0 Å². The summed E-state index contributed by atoms with van der Waals surface area (Å²) < 4.78 is 36.6. The van der Waals surface area contributed by atoms with E-state index in [-0.39, 0.29) is 22.2 Å². The topological polar surface area (TPSA) is 61.4 Å². The smallest absolute Gasteiger partial charge is 0.336 e. The van der Waals surface area contributed by atoms with E-state index in [1.807, 2.05) is 0 Å². The van der Waals surface area contributed by atoms with Crippen LogP contribution in [0.3, 0.4) is 0 Å². The molecule has 0 radical (unpaired) electrons. The molecule has 21 heavy (non-hydrogen) atoms. The standard InChI is InChI=1S/C12H12F3N3O2S/c13-12(14,15)21-9-4-2-8(3-5-9)10(19)17-18-7-1-6-16-11(18)20/h2-5H,1,6-7H2,(H,16,20)(H,17,19). The predicted octanol–water partition coefficient (Wildman–Crippen LogP) is 2.36. The third-order valence-electron chi connectivity index (χ3n) is 2.67. The van der Waals surface area contributed by atoms with Gasteiger partial charge in [-0.15, -0.1) is 0 Å². The lowest BCUT2D eigenvalue weighted by Crippen LogP contribution is -2.54. The number of rotatable bonds is 3. The number of nitrogens with one attached hydrogen (secondary N) is 2. The van der Waals surface area contributed by atoms with Gasteiger partial charge in [-0.25, -0.2) is 9.80 Å². The van der Waals surface area contributed by atoms with Gasteiger partial charge in [0.15, 0.2) is 0 Å². The maximum absolute atomic E-state index is 12.2. The highest BCUT2D eigenvalue weighted by Crippen LogP contribution is 2.36. The first-order valence-electron chi connectivity index (χ1n) is 6.07. The second-order valence-electron chi connectivity index (χ2n) is 4.25. The van der Waals surface area contributed by atoms with Crippen molar-refractivity contribution >= 4 is 23.7 Å². The average Bonchev–Trinajstić information content (AvgIpc) is 2.40. The van der Waals surface area contributed by atoms with Crippen molar-refractivity contribution in [3.05, 3.63) is 29.8 Å². The Balaban J connectivity index is 1.98. The molecule has 1 aliphatic heterocycles. The number of carbonyl (C=O) groups is 2. The minimum Gasteiger partial charge on any atom is -0.336 e. The molecule has 0 spiro atoms. The summed E-state index contributed by atoms with van der Waals surface area (Å²) in [6.07, 6.45) is 0.702. The molecule has 0 bridgehead atoms. The third kappa shape index (κ3) is 4.55. The molecule has 5 nitrogen and oxygen atoms in total. The van der Waals surface area contributed by atoms with Crippen LogP contribution in [0.25, 0.3) is 0 Å². The number of halogens is 3. The van der Waals surface area contributed by atoms with Crippen LogP contribution in [0.1, 0.15) is 16.8 Å². The van der Waals surface area contributed by atoms with E-state index in [0.29, 0.717) is 19.5 Å². The summed E-state index contributed by atoms with van der Waals surface area (Å²) in [5.74, 6) is -0.546. The Kier molecular flexibility index (Phi) is 4.61. The first kappa shape index (κ1) is 15.5. The van der Waals surface area contributed by atoms with E-state index >= 15 is 0 Å². The molecule has 1 aromatic rings. The van der Waals surface area contributed by atoms with Crippen molar-refractivity contribution in [2.75, 3.05) is 13.1 Å². The monoisotopic (exact) mass is 319 g/mol. The van der Waals surface area contributed by atoms with E-state index < -0.39 is 17.4 Å². The molecule has 114 valence electrons. The molecule has 0 saturated carbocycles. The molecule has 1 saturated heterocycles. The van der Waals surface area contributed by atoms with Crippen LogP contribution in [0.2, 0.25) is 0 Å². The van der Waals surface area contributed by atoms with Crippen molar-refractivity contribution in [2.24, 2.45) is 0 Å². The SMILES string of the molecule is O=C(NN1CCCNC1=O)c1ccc(SC(F)(F)F)cc1. The van der Waals surface area contributed by atoms with Crippen LogP contribution in [-0.2, 0) is 0 Å². The number of alkyl halides is 3. The molecule has 0 atom stereocenters. The number of urea groups is 1. The summed E-state index contributed by atoms with van der Waals surface area (Å²) in [4.78, 5) is 23.3. The Morgan fingerprint density at radius 3 is 2.52 bits per heavy atom. The minimum atomic E-state index is -4.37. The molecule has 9 heteroatoms. The zero-order chi connectivity index (χ0) is 15.5. The first-order chi connectivity index (χ1) is 9.85. The first-order valence-corrected chi connectivity index (χ1v) is 6.89. The van der Waals surface area contributed by atoms with Crippen LogP contribution in [0, 0.1) is 0 Å². The second-order valence-corrected chi connectivity index (χ2v) is 5.39. The Labute approximate surface area is 122 Å². The van der Waals surface area contributed by atoms with E-state index in [0.717, 1.165) is 5.01 Å². The van der Waals surface area contributed by atoms with E-state index in [4.69, 9.17) is 0 Å². The van der Waals surface area contributed by atoms with Crippen LogP contribution in [0.15, 0.2) is 29.2 Å². The Hall–Kier alpha value is -1.90. The van der Waals surface area contributed by atoms with Crippen molar-refractivity contribution in [2.45, 2.75) is 16.8 Å². The van der Waals surface area contributed by atoms with Crippen LogP contribution in [-0.4, -0.2) is 35.5 Å². The highest BCUT2D eigenvalue weighted by atomic mass is 32.2. The molecule has 2 N–H and O–H groups in total. The van der Waals surface area contributed by atoms with Crippen LogP contribution >= 0.6 is 11.8 Å². The van der Waals surface area contributed by atoms with Crippen molar-refractivity contribution in [3.63, 3.8) is 0 Å². The van der Waals surface area contributed by atoms with Gasteiger partial charge in [-0.3, -0.25) is 10.2 Å². The summed E-state index contributed by atoms with van der Waals surface area (Å²) in [6, 6.07) is 4.59. The molecule has 0 unspecified atom stereocenters. The third-order valence-corrected chi connectivity index (χ3v) is 3.41. The normalized spacial score (nSPS) is 15.6. The van der Waals surface area contributed by atoms with E-state index in [2.05, 4.69) is 10.7 Å². The highest BCUT2D eigenvalue weighted by molar-refractivity contribution is 8.00. The fourth-order valence-electron chi connectivity index (χ4n) is 1.73. The fraction of sp³-hybridized carbons (Fsp3) is 0.333. The van der Waals surface area contributed by atoms with Gasteiger partial charge < -0.3 is 5.32 Å². The van der Waals surface area contributed by atoms with E-state index in [9.17, 15) is 22.8 Å². The highest BCUT2D eigenvalue weighted by Gasteiger charge is 2.29. The zero-order valence-corrected chi connectivity index (χ0v) is 11.6. The number of amides is 3. The Morgan fingerprint density at radius 1 is 1.29 bits per heavy atom. The number of nitrogens with zero attached hydrogens (tertiary/aromatic N) is 1. The van der Waals surface area contributed by atoms with Gasteiger partial charge in [0.05, 0.1) is 0 Å². The summed E-state index contributed by atoms with van der Waals surface area (Å²) in [6.45, 7) is 0.939. The van der Waals surface area contributed by atoms with Gasteiger partial charge >= 0.3 is 11.5 Å².